The molecule has 15 N–H and O–H groups in total. The van der Waals surface area contributed by atoms with Crippen molar-refractivity contribution in [3.63, 3.8) is 0 Å². The molecule has 0 aromatic rings. The van der Waals surface area contributed by atoms with E-state index >= 15 is 0 Å². The lowest BCUT2D eigenvalue weighted by atomic mass is 9.80. The van der Waals surface area contributed by atoms with Gasteiger partial charge < -0.3 is 57.4 Å². The second kappa shape index (κ2) is 12.0. The molecule has 0 bridgehead atoms. The van der Waals surface area contributed by atoms with E-state index in [2.05, 4.69) is 45.5 Å². The monoisotopic (exact) mass is 500 g/mol. The van der Waals surface area contributed by atoms with Crippen LogP contribution in [0.1, 0.15) is 6.92 Å². The molecule has 17 heteroatoms. The van der Waals surface area contributed by atoms with Crippen molar-refractivity contribution in [3.05, 3.63) is 0 Å². The summed E-state index contributed by atoms with van der Waals surface area (Å²) in [4.78, 5) is 0. The van der Waals surface area contributed by atoms with E-state index in [4.69, 9.17) is 11.5 Å². The van der Waals surface area contributed by atoms with Crippen LogP contribution >= 0.6 is 24.4 Å². The van der Waals surface area contributed by atoms with E-state index in [-0.39, 0.29) is 21.6 Å². The Morgan fingerprint density at radius 2 is 0.938 bits per heavy atom. The maximum absolute atomic E-state index is 9.63. The van der Waals surface area contributed by atoms with E-state index in [9.17, 15) is 46.0 Å². The fourth-order valence-electron chi connectivity index (χ4n) is 2.94. The minimum absolute atomic E-state index is 0.0954. The lowest BCUT2D eigenvalue weighted by Gasteiger charge is -2.37. The summed E-state index contributed by atoms with van der Waals surface area (Å²) >= 11 is 8.97. The molecular weight excluding hydrogens is 472 g/mol. The van der Waals surface area contributed by atoms with Gasteiger partial charge in [-0.05, 0) is 24.4 Å². The number of hydrazone groups is 2. The van der Waals surface area contributed by atoms with Crippen LogP contribution in [0.25, 0.3) is 0 Å². The molecular formula is C15H28N6O9S2. The van der Waals surface area contributed by atoms with Gasteiger partial charge in [0.2, 0.25) is 0 Å². The number of thiocarbonyl (C=S) groups is 2. The fraction of sp³-hybridized carbons (Fsp3) is 0.733. The molecule has 2 aliphatic carbocycles. The van der Waals surface area contributed by atoms with Crippen LogP contribution in [0, 0.1) is 5.92 Å². The van der Waals surface area contributed by atoms with E-state index in [0.29, 0.717) is 0 Å². The Balaban J connectivity index is 0.000000320. The summed E-state index contributed by atoms with van der Waals surface area (Å²) in [6, 6.07) is 0. The number of aliphatic hydroxyl groups is 9. The van der Waals surface area contributed by atoms with Crippen LogP contribution in [0.4, 0.5) is 0 Å². The van der Waals surface area contributed by atoms with Crippen molar-refractivity contribution in [2.45, 2.75) is 61.9 Å². The Morgan fingerprint density at radius 3 is 1.31 bits per heavy atom. The first-order valence-corrected chi connectivity index (χ1v) is 9.92. The van der Waals surface area contributed by atoms with Gasteiger partial charge in [0, 0.05) is 5.92 Å². The van der Waals surface area contributed by atoms with Gasteiger partial charge in [0.15, 0.2) is 10.2 Å². The molecule has 0 radical (unpaired) electrons. The summed E-state index contributed by atoms with van der Waals surface area (Å²) in [7, 11) is 0. The Morgan fingerprint density at radius 1 is 0.625 bits per heavy atom. The molecule has 2 rings (SSSR count). The molecule has 0 aromatic carbocycles. The van der Waals surface area contributed by atoms with E-state index in [0.717, 1.165) is 0 Å². The fourth-order valence-corrected chi connectivity index (χ4v) is 3.04. The SMILES string of the molecule is C[C@@H]1/C(=N\NC(N)=S)[C@H](O)[C@@H](O)[C@H](O)[C@@H]1O.NC(=S)NN=C1[C@@H](O)[C@@H](O)C(O)[C@H](O)[C@H]1O. The van der Waals surface area contributed by atoms with Crippen LogP contribution in [0.5, 0.6) is 0 Å². The molecule has 0 aromatic heterocycles. The Bertz CT molecular complexity index is 648. The number of nitrogens with two attached hydrogens (primary N) is 2. The molecule has 0 spiro atoms. The third-order valence-electron chi connectivity index (χ3n) is 4.85. The minimum atomic E-state index is -1.66. The summed E-state index contributed by atoms with van der Waals surface area (Å²) in [5.41, 5.74) is 14.3. The van der Waals surface area contributed by atoms with Gasteiger partial charge in [-0.15, -0.1) is 0 Å². The standard InChI is InChI=1S/C8H15N3O4S.C7H13N3O5S/c1-2-3(10-11-8(9)16)5(13)7(15)6(14)4(2)12;8-7(16)10-9-1-2(11)4(13)6(15)5(14)3(1)12/h2,4-7,12-15H,1H3,(H3,9,11,16);2-6,11-15H,(H3,8,10,16)/b10-3+;/t2-,4-,5+,6-,7-;2-,3+,4-,5-,6?/m11/s1. The molecule has 0 heterocycles. The number of nitrogens with zero attached hydrogens (tertiary/aromatic N) is 2. The van der Waals surface area contributed by atoms with Crippen LogP contribution in [0.3, 0.4) is 0 Å². The highest BCUT2D eigenvalue weighted by Gasteiger charge is 2.46. The highest BCUT2D eigenvalue weighted by molar-refractivity contribution is 7.80. The van der Waals surface area contributed by atoms with Crippen LogP contribution in [-0.4, -0.2) is 123 Å². The smallest absolute Gasteiger partial charge is 0.184 e. The molecule has 10 atom stereocenters. The lowest BCUT2D eigenvalue weighted by Crippen LogP contribution is -2.62. The highest BCUT2D eigenvalue weighted by Crippen LogP contribution is 2.23. The molecule has 2 aliphatic rings. The summed E-state index contributed by atoms with van der Waals surface area (Å²) in [6.07, 6.45) is -13.7. The molecule has 2 saturated carbocycles. The molecule has 1 unspecified atom stereocenters. The van der Waals surface area contributed by atoms with Gasteiger partial charge in [0.25, 0.3) is 0 Å². The molecule has 0 saturated heterocycles. The second-order valence-corrected chi connectivity index (χ2v) is 7.97. The van der Waals surface area contributed by atoms with Crippen LogP contribution < -0.4 is 22.3 Å². The summed E-state index contributed by atoms with van der Waals surface area (Å²) in [5, 5.41) is 91.7. The van der Waals surface area contributed by atoms with Crippen molar-refractivity contribution >= 4 is 46.1 Å². The van der Waals surface area contributed by atoms with Crippen molar-refractivity contribution in [2.24, 2.45) is 27.6 Å². The maximum atomic E-state index is 9.63. The summed E-state index contributed by atoms with van der Waals surface area (Å²) in [5.74, 6) is -0.616. The number of hydrogen-bond donors (Lipinski definition) is 13. The number of rotatable bonds is 2. The predicted octanol–water partition coefficient (Wildman–Crippen LogP) is -6.74. The van der Waals surface area contributed by atoms with E-state index in [1.807, 2.05) is 0 Å². The highest BCUT2D eigenvalue weighted by atomic mass is 32.1. The van der Waals surface area contributed by atoms with Gasteiger partial charge in [0.05, 0.1) is 11.8 Å². The topological polar surface area (TPSA) is 283 Å². The Labute approximate surface area is 192 Å². The number of aliphatic hydroxyl groups excluding tert-OH is 9. The normalized spacial score (nSPS) is 42.1. The van der Waals surface area contributed by atoms with Gasteiger partial charge in [-0.3, -0.25) is 10.9 Å². The zero-order valence-electron chi connectivity index (χ0n) is 16.7. The third kappa shape index (κ3) is 6.68. The summed E-state index contributed by atoms with van der Waals surface area (Å²) in [6.45, 7) is 1.56. The molecule has 32 heavy (non-hydrogen) atoms. The molecule has 15 nitrogen and oxygen atoms in total. The largest absolute Gasteiger partial charge is 0.390 e. The average Bonchev–Trinajstić information content (AvgIpc) is 2.73. The van der Waals surface area contributed by atoms with Crippen LogP contribution in [0.15, 0.2) is 10.2 Å². The van der Waals surface area contributed by atoms with Crippen molar-refractivity contribution < 1.29 is 46.0 Å². The van der Waals surface area contributed by atoms with E-state index in [1.54, 1.807) is 6.92 Å². The van der Waals surface area contributed by atoms with Crippen molar-refractivity contribution in [1.29, 1.82) is 0 Å². The Hall–Kier alpha value is -1.64. The second-order valence-electron chi connectivity index (χ2n) is 7.09. The van der Waals surface area contributed by atoms with Crippen LogP contribution in [0.2, 0.25) is 0 Å². The Kier molecular flexibility index (Phi) is 10.6. The first-order valence-electron chi connectivity index (χ1n) is 9.10. The maximum Gasteiger partial charge on any atom is 0.184 e. The third-order valence-corrected chi connectivity index (χ3v) is 5.03. The molecule has 184 valence electrons. The van der Waals surface area contributed by atoms with Gasteiger partial charge in [-0.2, -0.15) is 10.2 Å². The van der Waals surface area contributed by atoms with Gasteiger partial charge >= 0.3 is 0 Å². The van der Waals surface area contributed by atoms with Gasteiger partial charge in [-0.25, -0.2) is 0 Å². The number of hydrogen-bond acceptors (Lipinski definition) is 13. The number of nitrogens with one attached hydrogen (secondary N) is 2. The summed E-state index contributed by atoms with van der Waals surface area (Å²) < 4.78 is 0. The molecule has 0 amide bonds. The first-order chi connectivity index (χ1) is 14.7. The average molecular weight is 501 g/mol. The first kappa shape index (κ1) is 28.4. The molecule has 2 fully saturated rings. The van der Waals surface area contributed by atoms with Crippen molar-refractivity contribution in [2.75, 3.05) is 0 Å². The predicted molar refractivity (Wildman–Crippen MR) is 118 cm³/mol. The zero-order valence-corrected chi connectivity index (χ0v) is 18.3. The van der Waals surface area contributed by atoms with Gasteiger partial charge in [-0.1, -0.05) is 6.92 Å². The lowest BCUT2D eigenvalue weighted by molar-refractivity contribution is -0.130. The van der Waals surface area contributed by atoms with Crippen molar-refractivity contribution in [3.8, 4) is 0 Å². The van der Waals surface area contributed by atoms with Crippen LogP contribution in [-0.2, 0) is 0 Å². The van der Waals surface area contributed by atoms with E-state index < -0.39 is 60.9 Å². The van der Waals surface area contributed by atoms with Crippen molar-refractivity contribution in [1.82, 2.24) is 10.9 Å². The minimum Gasteiger partial charge on any atom is -0.390 e. The quantitative estimate of drug-likeness (QED) is 0.124. The molecule has 0 aliphatic heterocycles. The van der Waals surface area contributed by atoms with E-state index in [1.165, 1.54) is 0 Å². The zero-order chi connectivity index (χ0) is 24.9. The van der Waals surface area contributed by atoms with Gasteiger partial charge in [0.1, 0.15) is 54.5 Å².